The van der Waals surface area contributed by atoms with Gasteiger partial charge in [0.05, 0.1) is 6.10 Å². The quantitative estimate of drug-likeness (QED) is 0.220. The summed E-state index contributed by atoms with van der Waals surface area (Å²) in [5.41, 5.74) is 3.65. The Hall–Kier alpha value is -2.26. The van der Waals surface area contributed by atoms with Gasteiger partial charge in [-0.05, 0) is 75.5 Å². The Balaban J connectivity index is 0.000000597. The lowest BCUT2D eigenvalue weighted by Crippen LogP contribution is -2.47. The first-order chi connectivity index (χ1) is 18.7. The number of hydrogen-bond acceptors (Lipinski definition) is 8. The lowest BCUT2D eigenvalue weighted by molar-refractivity contribution is -0.172. The minimum atomic E-state index is -0.708. The molecule has 0 aromatic heterocycles. The fourth-order valence-corrected chi connectivity index (χ4v) is 6.34. The van der Waals surface area contributed by atoms with Crippen molar-refractivity contribution in [3.63, 3.8) is 0 Å². The molecule has 0 saturated carbocycles. The van der Waals surface area contributed by atoms with E-state index in [1.54, 1.807) is 0 Å². The molecule has 5 rings (SSSR count). The normalized spacial score (nSPS) is 37.7. The van der Waals surface area contributed by atoms with Gasteiger partial charge in [-0.3, -0.25) is 9.59 Å². The average molecular weight is 609 g/mol. The summed E-state index contributed by atoms with van der Waals surface area (Å²) in [5.74, 6) is 0.905. The molecular formula is C35H60O8. The molecule has 2 heterocycles. The highest BCUT2D eigenvalue weighted by Crippen LogP contribution is 2.38. The lowest BCUT2D eigenvalue weighted by atomic mass is 9.75. The van der Waals surface area contributed by atoms with E-state index in [1.807, 2.05) is 33.8 Å². The number of hydrogen-bond donors (Lipinski definition) is 4. The molecular weight excluding hydrogens is 548 g/mol. The summed E-state index contributed by atoms with van der Waals surface area (Å²) in [6.45, 7) is 15.4. The Bertz CT molecular complexity index is 984. The Morgan fingerprint density at radius 3 is 1.42 bits per heavy atom. The van der Waals surface area contributed by atoms with Gasteiger partial charge in [0.2, 0.25) is 0 Å². The van der Waals surface area contributed by atoms with E-state index in [1.165, 1.54) is 0 Å². The number of carbonyl (C=O) groups excluding carboxylic acids is 2. The Labute approximate surface area is 260 Å². The molecule has 0 unspecified atom stereocenters. The molecule has 3 aliphatic carbocycles. The summed E-state index contributed by atoms with van der Waals surface area (Å²) in [5, 5.41) is 38.9. The van der Waals surface area contributed by atoms with Crippen LogP contribution in [0.3, 0.4) is 0 Å². The van der Waals surface area contributed by atoms with Crippen LogP contribution in [0.2, 0.25) is 0 Å². The molecule has 2 aliphatic heterocycles. The fourth-order valence-electron chi connectivity index (χ4n) is 6.34. The summed E-state index contributed by atoms with van der Waals surface area (Å²) in [4.78, 5) is 22.5. The van der Waals surface area contributed by atoms with Gasteiger partial charge >= 0.3 is 11.9 Å². The number of rotatable bonds is 1. The van der Waals surface area contributed by atoms with Gasteiger partial charge in [0, 0.05) is 30.6 Å². The molecule has 2 fully saturated rings. The van der Waals surface area contributed by atoms with E-state index in [0.717, 1.165) is 41.6 Å². The number of carbonyl (C=O) groups is 2. The molecule has 0 amide bonds. The van der Waals surface area contributed by atoms with Crippen molar-refractivity contribution in [3.05, 3.63) is 47.1 Å². The smallest absolute Gasteiger partial charge is 0.306 e. The predicted molar refractivity (Wildman–Crippen MR) is 172 cm³/mol. The highest BCUT2D eigenvalue weighted by atomic mass is 16.6. The molecule has 0 spiro atoms. The minimum Gasteiger partial charge on any atom is -0.459 e. The standard InChI is InChI=1S/2C11H16O3.C10H16O2.3CH4/c2*1-6-3-4-8-7(2)5-9(12)14-11(8)10(6)13;1-6(2)8-5-4-7(3)9(11)10(8)12;;;/h2*3,7-8,10-11,13H,4-5H2,1-2H3;4,8-12H,1,5H2,2-3H3;3*1H4/t7-,8+,10+,11+;7-,8-,10-,11-;8-,9-,10-;;;/m011.../s1. The van der Waals surface area contributed by atoms with Crippen molar-refractivity contribution in [2.75, 3.05) is 0 Å². The summed E-state index contributed by atoms with van der Waals surface area (Å²) in [6, 6.07) is 0. The largest absolute Gasteiger partial charge is 0.459 e. The van der Waals surface area contributed by atoms with Gasteiger partial charge in [-0.1, -0.05) is 66.5 Å². The molecule has 8 heteroatoms. The first-order valence-corrected chi connectivity index (χ1v) is 14.5. The molecule has 0 aromatic rings. The number of ether oxygens (including phenoxy) is 2. The molecule has 5 aliphatic rings. The molecule has 8 nitrogen and oxygen atoms in total. The monoisotopic (exact) mass is 608 g/mol. The van der Waals surface area contributed by atoms with Crippen molar-refractivity contribution in [1.82, 2.24) is 0 Å². The van der Waals surface area contributed by atoms with Gasteiger partial charge in [-0.25, -0.2) is 0 Å². The minimum absolute atomic E-state index is 0. The van der Waals surface area contributed by atoms with Crippen molar-refractivity contribution in [1.29, 1.82) is 0 Å². The molecule has 0 bridgehead atoms. The molecule has 43 heavy (non-hydrogen) atoms. The van der Waals surface area contributed by atoms with Crippen molar-refractivity contribution in [2.24, 2.45) is 29.6 Å². The van der Waals surface area contributed by atoms with Crippen molar-refractivity contribution in [3.8, 4) is 0 Å². The first kappa shape index (κ1) is 40.7. The Morgan fingerprint density at radius 1 is 0.698 bits per heavy atom. The maximum absolute atomic E-state index is 11.2. The van der Waals surface area contributed by atoms with Gasteiger partial charge < -0.3 is 29.9 Å². The van der Waals surface area contributed by atoms with E-state index in [-0.39, 0.29) is 52.3 Å². The van der Waals surface area contributed by atoms with Crippen molar-refractivity contribution >= 4 is 11.9 Å². The number of fused-ring (bicyclic) bond motifs is 2. The third-order valence-corrected chi connectivity index (χ3v) is 9.33. The van der Waals surface area contributed by atoms with Crippen LogP contribution in [0.1, 0.15) is 95.9 Å². The second kappa shape index (κ2) is 17.3. The van der Waals surface area contributed by atoms with Crippen LogP contribution in [0.5, 0.6) is 0 Å². The zero-order valence-corrected chi connectivity index (χ0v) is 24.7. The van der Waals surface area contributed by atoms with Crippen LogP contribution in [-0.4, -0.2) is 69.0 Å². The highest BCUT2D eigenvalue weighted by molar-refractivity contribution is 5.71. The molecule has 2 saturated heterocycles. The van der Waals surface area contributed by atoms with Crippen LogP contribution in [0, 0.1) is 29.6 Å². The maximum Gasteiger partial charge on any atom is 0.306 e. The van der Waals surface area contributed by atoms with Crippen molar-refractivity contribution < 1.29 is 39.5 Å². The lowest BCUT2D eigenvalue weighted by Gasteiger charge is -2.40. The Morgan fingerprint density at radius 2 is 1.05 bits per heavy atom. The van der Waals surface area contributed by atoms with Gasteiger partial charge in [0.15, 0.2) is 0 Å². The summed E-state index contributed by atoms with van der Waals surface area (Å²) in [7, 11) is 0. The zero-order chi connectivity index (χ0) is 29.9. The Kier molecular flexibility index (Phi) is 16.4. The van der Waals surface area contributed by atoms with Crippen molar-refractivity contribution in [2.45, 2.75) is 133 Å². The highest BCUT2D eigenvalue weighted by Gasteiger charge is 2.43. The van der Waals surface area contributed by atoms with Gasteiger partial charge in [-0.2, -0.15) is 0 Å². The van der Waals surface area contributed by atoms with E-state index >= 15 is 0 Å². The molecule has 248 valence electrons. The summed E-state index contributed by atoms with van der Waals surface area (Å²) >= 11 is 0. The number of aliphatic hydroxyl groups excluding tert-OH is 4. The second-order valence-electron chi connectivity index (χ2n) is 12.4. The maximum atomic E-state index is 11.2. The van der Waals surface area contributed by atoms with E-state index in [2.05, 4.69) is 32.6 Å². The summed E-state index contributed by atoms with van der Waals surface area (Å²) in [6.07, 6.45) is 6.49. The van der Waals surface area contributed by atoms with E-state index in [4.69, 9.17) is 9.47 Å². The number of esters is 2. The van der Waals surface area contributed by atoms with Crippen LogP contribution < -0.4 is 0 Å². The average Bonchev–Trinajstić information content (AvgIpc) is 2.88. The van der Waals surface area contributed by atoms with Crippen LogP contribution in [0.15, 0.2) is 47.1 Å². The van der Waals surface area contributed by atoms with E-state index in [9.17, 15) is 30.0 Å². The third kappa shape index (κ3) is 9.61. The van der Waals surface area contributed by atoms with E-state index in [0.29, 0.717) is 36.5 Å². The van der Waals surface area contributed by atoms with Gasteiger partial charge in [0.1, 0.15) is 30.5 Å². The SMILES string of the molecule is C.C.C.C=C(C)[C@H]1CC=C(C)[C@@H](O)[C@@H]1O.CC1=CC[C@H]2[C@@H](OC(=O)C[C@@H]2C)[C@@H]1O.CC1=CC[C@H]2[C@@H](OC(=O)C[C@H]2C)[C@@H]1O. The molecule has 0 radical (unpaired) electrons. The molecule has 11 atom stereocenters. The number of allylic oxidation sites excluding steroid dienone is 3. The third-order valence-electron chi connectivity index (χ3n) is 9.33. The van der Waals surface area contributed by atoms with Crippen LogP contribution in [-0.2, 0) is 19.1 Å². The van der Waals surface area contributed by atoms with Crippen LogP contribution >= 0.6 is 0 Å². The summed E-state index contributed by atoms with van der Waals surface area (Å²) < 4.78 is 10.4. The first-order valence-electron chi connectivity index (χ1n) is 14.5. The zero-order valence-electron chi connectivity index (χ0n) is 24.7. The van der Waals surface area contributed by atoms with Gasteiger partial charge in [-0.15, -0.1) is 0 Å². The van der Waals surface area contributed by atoms with Crippen LogP contribution in [0.25, 0.3) is 0 Å². The molecule has 0 aromatic carbocycles. The van der Waals surface area contributed by atoms with E-state index < -0.39 is 24.4 Å². The number of aliphatic hydroxyl groups is 4. The predicted octanol–water partition coefficient (Wildman–Crippen LogP) is 5.69. The fraction of sp³-hybridized carbons (Fsp3) is 0.714. The van der Waals surface area contributed by atoms with Crippen LogP contribution in [0.4, 0.5) is 0 Å². The second-order valence-corrected chi connectivity index (χ2v) is 12.4. The molecule has 4 N–H and O–H groups in total. The topological polar surface area (TPSA) is 134 Å². The van der Waals surface area contributed by atoms with Gasteiger partial charge in [0.25, 0.3) is 0 Å².